The molecule has 3 heteroatoms. The first-order valence-corrected chi connectivity index (χ1v) is 4.02. The summed E-state index contributed by atoms with van der Waals surface area (Å²) >= 11 is 0. The quantitative estimate of drug-likeness (QED) is 0.620. The summed E-state index contributed by atoms with van der Waals surface area (Å²) in [5, 5.41) is 3.21. The Morgan fingerprint density at radius 2 is 2.18 bits per heavy atom. The number of hydrogen-bond acceptors (Lipinski definition) is 3. The van der Waals surface area contributed by atoms with Crippen molar-refractivity contribution in [1.82, 2.24) is 10.2 Å². The lowest BCUT2D eigenvalue weighted by molar-refractivity contribution is -0.126. The van der Waals surface area contributed by atoms with Crippen LogP contribution in [0.25, 0.3) is 0 Å². The standard InChI is InChI=1S/C8H16N2O/c1-7(11)8(2,3)10-5-4-9-6-10/h9H,4-6H2,1-3H3. The van der Waals surface area contributed by atoms with Crippen molar-refractivity contribution >= 4 is 5.78 Å². The van der Waals surface area contributed by atoms with Crippen LogP contribution in [0, 0.1) is 0 Å². The van der Waals surface area contributed by atoms with Gasteiger partial charge in [-0.15, -0.1) is 0 Å². The molecule has 64 valence electrons. The molecule has 0 radical (unpaired) electrons. The summed E-state index contributed by atoms with van der Waals surface area (Å²) < 4.78 is 0. The lowest BCUT2D eigenvalue weighted by Gasteiger charge is -2.31. The highest BCUT2D eigenvalue weighted by atomic mass is 16.1. The molecular weight excluding hydrogens is 140 g/mol. The van der Waals surface area contributed by atoms with Gasteiger partial charge in [-0.3, -0.25) is 9.69 Å². The molecule has 0 unspecified atom stereocenters. The predicted octanol–water partition coefficient (Wildman–Crippen LogP) is 0.217. The minimum atomic E-state index is -0.288. The maximum Gasteiger partial charge on any atom is 0.149 e. The molecule has 0 amide bonds. The summed E-state index contributed by atoms with van der Waals surface area (Å²) in [6, 6.07) is 0. The maximum absolute atomic E-state index is 11.2. The van der Waals surface area contributed by atoms with Crippen molar-refractivity contribution in [3.63, 3.8) is 0 Å². The highest BCUT2D eigenvalue weighted by molar-refractivity contribution is 5.85. The molecule has 1 aliphatic rings. The molecule has 0 aromatic carbocycles. The van der Waals surface area contributed by atoms with Crippen LogP contribution >= 0.6 is 0 Å². The van der Waals surface area contributed by atoms with Gasteiger partial charge in [0.25, 0.3) is 0 Å². The molecule has 0 bridgehead atoms. The van der Waals surface area contributed by atoms with Crippen molar-refractivity contribution in [2.45, 2.75) is 26.3 Å². The van der Waals surface area contributed by atoms with Crippen LogP contribution in [-0.2, 0) is 4.79 Å². The van der Waals surface area contributed by atoms with E-state index in [2.05, 4.69) is 10.2 Å². The van der Waals surface area contributed by atoms with Crippen molar-refractivity contribution in [2.75, 3.05) is 19.8 Å². The van der Waals surface area contributed by atoms with E-state index in [1.54, 1.807) is 6.92 Å². The summed E-state index contributed by atoms with van der Waals surface area (Å²) in [4.78, 5) is 13.3. The number of carbonyl (C=O) groups excluding carboxylic acids is 1. The molecule has 0 spiro atoms. The van der Waals surface area contributed by atoms with E-state index < -0.39 is 0 Å². The molecule has 1 fully saturated rings. The molecule has 1 rings (SSSR count). The topological polar surface area (TPSA) is 32.3 Å². The van der Waals surface area contributed by atoms with E-state index in [9.17, 15) is 4.79 Å². The van der Waals surface area contributed by atoms with Gasteiger partial charge in [0.2, 0.25) is 0 Å². The Morgan fingerprint density at radius 3 is 2.55 bits per heavy atom. The molecular formula is C8H16N2O. The normalized spacial score (nSPS) is 20.6. The third-order valence-corrected chi connectivity index (χ3v) is 2.51. The molecule has 0 aliphatic carbocycles. The van der Waals surface area contributed by atoms with E-state index in [4.69, 9.17) is 0 Å². The van der Waals surface area contributed by atoms with E-state index in [0.29, 0.717) is 0 Å². The highest BCUT2D eigenvalue weighted by Crippen LogP contribution is 2.15. The summed E-state index contributed by atoms with van der Waals surface area (Å²) in [5.74, 6) is 0.237. The van der Waals surface area contributed by atoms with Crippen LogP contribution in [0.4, 0.5) is 0 Å². The fraction of sp³-hybridized carbons (Fsp3) is 0.875. The van der Waals surface area contributed by atoms with E-state index >= 15 is 0 Å². The van der Waals surface area contributed by atoms with Crippen LogP contribution in [0.1, 0.15) is 20.8 Å². The summed E-state index contributed by atoms with van der Waals surface area (Å²) in [6.07, 6.45) is 0. The predicted molar refractivity (Wildman–Crippen MR) is 44.3 cm³/mol. The molecule has 1 saturated heterocycles. The van der Waals surface area contributed by atoms with Gasteiger partial charge in [0.1, 0.15) is 5.78 Å². The minimum absolute atomic E-state index is 0.237. The number of nitrogens with one attached hydrogen (secondary N) is 1. The van der Waals surface area contributed by atoms with Gasteiger partial charge in [-0.25, -0.2) is 0 Å². The van der Waals surface area contributed by atoms with Crippen molar-refractivity contribution in [3.05, 3.63) is 0 Å². The van der Waals surface area contributed by atoms with Crippen molar-refractivity contribution in [2.24, 2.45) is 0 Å². The third-order valence-electron chi connectivity index (χ3n) is 2.51. The Labute approximate surface area is 67.8 Å². The average molecular weight is 156 g/mol. The third kappa shape index (κ3) is 1.60. The van der Waals surface area contributed by atoms with Gasteiger partial charge >= 0.3 is 0 Å². The SMILES string of the molecule is CC(=O)C(C)(C)N1CCNC1. The molecule has 1 heterocycles. The molecule has 11 heavy (non-hydrogen) atoms. The molecule has 0 aromatic heterocycles. The molecule has 1 N–H and O–H groups in total. The van der Waals surface area contributed by atoms with Gasteiger partial charge < -0.3 is 5.32 Å². The van der Waals surface area contributed by atoms with Crippen molar-refractivity contribution in [3.8, 4) is 0 Å². The highest BCUT2D eigenvalue weighted by Gasteiger charge is 2.32. The van der Waals surface area contributed by atoms with Crippen LogP contribution in [0.5, 0.6) is 0 Å². The smallest absolute Gasteiger partial charge is 0.149 e. The second-order valence-electron chi connectivity index (χ2n) is 3.54. The fourth-order valence-electron chi connectivity index (χ4n) is 1.21. The summed E-state index contributed by atoms with van der Waals surface area (Å²) in [7, 11) is 0. The van der Waals surface area contributed by atoms with Gasteiger partial charge in [0.05, 0.1) is 5.54 Å². The minimum Gasteiger partial charge on any atom is -0.303 e. The number of nitrogens with zero attached hydrogens (tertiary/aromatic N) is 1. The zero-order valence-corrected chi connectivity index (χ0v) is 7.48. The second-order valence-corrected chi connectivity index (χ2v) is 3.54. The monoisotopic (exact) mass is 156 g/mol. The number of Topliss-reactive ketones (excluding diaryl/α,β-unsaturated/α-hetero) is 1. The summed E-state index contributed by atoms with van der Waals surface area (Å²) in [6.45, 7) is 8.42. The largest absolute Gasteiger partial charge is 0.303 e. The maximum atomic E-state index is 11.2. The summed E-state index contributed by atoms with van der Waals surface area (Å²) in [5.41, 5.74) is -0.288. The Morgan fingerprint density at radius 1 is 1.55 bits per heavy atom. The molecule has 0 atom stereocenters. The molecule has 1 aliphatic heterocycles. The van der Waals surface area contributed by atoms with Crippen LogP contribution in [0.2, 0.25) is 0 Å². The lowest BCUT2D eigenvalue weighted by atomic mass is 9.99. The zero-order valence-electron chi connectivity index (χ0n) is 7.48. The van der Waals surface area contributed by atoms with Gasteiger partial charge in [0.15, 0.2) is 0 Å². The number of carbonyl (C=O) groups is 1. The lowest BCUT2D eigenvalue weighted by Crippen LogP contribution is -2.48. The molecule has 3 nitrogen and oxygen atoms in total. The first-order valence-electron chi connectivity index (χ1n) is 4.02. The van der Waals surface area contributed by atoms with Gasteiger partial charge in [-0.2, -0.15) is 0 Å². The van der Waals surface area contributed by atoms with Crippen LogP contribution < -0.4 is 5.32 Å². The number of ketones is 1. The Kier molecular flexibility index (Phi) is 2.30. The average Bonchev–Trinajstić information content (AvgIpc) is 2.37. The second kappa shape index (κ2) is 2.91. The Bertz CT molecular complexity index is 159. The number of hydrogen-bond donors (Lipinski definition) is 1. The number of rotatable bonds is 2. The molecule has 0 saturated carbocycles. The van der Waals surface area contributed by atoms with Crippen LogP contribution in [0.15, 0.2) is 0 Å². The van der Waals surface area contributed by atoms with Crippen LogP contribution in [-0.4, -0.2) is 36.0 Å². The fourth-order valence-corrected chi connectivity index (χ4v) is 1.21. The van der Waals surface area contributed by atoms with Crippen molar-refractivity contribution < 1.29 is 4.79 Å². The Balaban J connectivity index is 2.62. The van der Waals surface area contributed by atoms with Gasteiger partial charge in [0, 0.05) is 19.8 Å². The van der Waals surface area contributed by atoms with Crippen molar-refractivity contribution in [1.29, 1.82) is 0 Å². The Hall–Kier alpha value is -0.410. The van der Waals surface area contributed by atoms with E-state index in [1.165, 1.54) is 0 Å². The first kappa shape index (κ1) is 8.68. The van der Waals surface area contributed by atoms with Crippen LogP contribution in [0.3, 0.4) is 0 Å². The van der Waals surface area contributed by atoms with Gasteiger partial charge in [-0.05, 0) is 20.8 Å². The zero-order chi connectivity index (χ0) is 8.48. The first-order chi connectivity index (χ1) is 5.05. The van der Waals surface area contributed by atoms with E-state index in [1.807, 2.05) is 13.8 Å². The van der Waals surface area contributed by atoms with Gasteiger partial charge in [-0.1, -0.05) is 0 Å². The van der Waals surface area contributed by atoms with E-state index in [0.717, 1.165) is 19.8 Å². The molecule has 0 aromatic rings. The van der Waals surface area contributed by atoms with E-state index in [-0.39, 0.29) is 11.3 Å².